The van der Waals surface area contributed by atoms with Gasteiger partial charge in [-0.05, 0) is 17.7 Å². The summed E-state index contributed by atoms with van der Waals surface area (Å²) in [5.41, 5.74) is 6.53. The lowest BCUT2D eigenvalue weighted by Crippen LogP contribution is -2.49. The van der Waals surface area contributed by atoms with Gasteiger partial charge in [-0.15, -0.1) is 0 Å². The third-order valence-corrected chi connectivity index (χ3v) is 2.92. The quantitative estimate of drug-likeness (QED) is 0.775. The van der Waals surface area contributed by atoms with Crippen LogP contribution in [0.2, 0.25) is 0 Å². The van der Waals surface area contributed by atoms with E-state index < -0.39 is 6.04 Å². The largest absolute Gasteiger partial charge is 0.339 e. The summed E-state index contributed by atoms with van der Waals surface area (Å²) in [7, 11) is 0. The van der Waals surface area contributed by atoms with Gasteiger partial charge in [0.15, 0.2) is 0 Å². The van der Waals surface area contributed by atoms with Gasteiger partial charge in [0.25, 0.3) is 0 Å². The molecule has 0 radical (unpaired) electrons. The molecule has 0 bridgehead atoms. The Morgan fingerprint density at radius 2 is 1.88 bits per heavy atom. The van der Waals surface area contributed by atoms with E-state index in [0.29, 0.717) is 18.7 Å². The van der Waals surface area contributed by atoms with Gasteiger partial charge in [0, 0.05) is 26.2 Å². The van der Waals surface area contributed by atoms with Crippen molar-refractivity contribution in [3.05, 3.63) is 35.6 Å². The van der Waals surface area contributed by atoms with Gasteiger partial charge in [0.2, 0.25) is 5.91 Å². The lowest BCUT2D eigenvalue weighted by molar-refractivity contribution is -0.133. The first-order valence-electron chi connectivity index (χ1n) is 5.69. The van der Waals surface area contributed by atoms with E-state index >= 15 is 0 Å². The number of hydrogen-bond donors (Lipinski definition) is 2. The topological polar surface area (TPSA) is 58.4 Å². The zero-order valence-corrected chi connectivity index (χ0v) is 9.53. The summed E-state index contributed by atoms with van der Waals surface area (Å²) >= 11 is 0. The molecule has 1 unspecified atom stereocenters. The Morgan fingerprint density at radius 3 is 2.47 bits per heavy atom. The molecule has 1 aliphatic heterocycles. The van der Waals surface area contributed by atoms with Gasteiger partial charge in [0.1, 0.15) is 11.9 Å². The first-order chi connectivity index (χ1) is 8.18. The second-order valence-electron chi connectivity index (χ2n) is 4.10. The average Bonchev–Trinajstić information content (AvgIpc) is 2.39. The van der Waals surface area contributed by atoms with Crippen LogP contribution < -0.4 is 11.1 Å². The molecule has 0 aliphatic carbocycles. The maximum Gasteiger partial charge on any atom is 0.244 e. The molecule has 92 valence electrons. The van der Waals surface area contributed by atoms with E-state index in [-0.39, 0.29) is 11.7 Å². The summed E-state index contributed by atoms with van der Waals surface area (Å²) in [6.45, 7) is 2.94. The van der Waals surface area contributed by atoms with E-state index in [0.717, 1.165) is 13.1 Å². The minimum atomic E-state index is -0.700. The smallest absolute Gasteiger partial charge is 0.244 e. The van der Waals surface area contributed by atoms with Gasteiger partial charge in [0.05, 0.1) is 0 Å². The van der Waals surface area contributed by atoms with Crippen molar-refractivity contribution in [1.29, 1.82) is 0 Å². The Balaban J connectivity index is 2.05. The lowest BCUT2D eigenvalue weighted by Gasteiger charge is -2.29. The molecule has 1 aromatic carbocycles. The van der Waals surface area contributed by atoms with Crippen LogP contribution in [0.25, 0.3) is 0 Å². The molecule has 4 nitrogen and oxygen atoms in total. The summed E-state index contributed by atoms with van der Waals surface area (Å²) < 4.78 is 12.8. The highest BCUT2D eigenvalue weighted by atomic mass is 19.1. The van der Waals surface area contributed by atoms with E-state index in [2.05, 4.69) is 5.32 Å². The van der Waals surface area contributed by atoms with Crippen molar-refractivity contribution in [1.82, 2.24) is 10.2 Å². The SMILES string of the molecule is NC(C(=O)N1CCNCC1)c1ccc(F)cc1. The monoisotopic (exact) mass is 237 g/mol. The maximum atomic E-state index is 12.8. The van der Waals surface area contributed by atoms with Crippen molar-refractivity contribution in [2.24, 2.45) is 5.73 Å². The fourth-order valence-corrected chi connectivity index (χ4v) is 1.89. The van der Waals surface area contributed by atoms with Gasteiger partial charge in [-0.1, -0.05) is 12.1 Å². The Kier molecular flexibility index (Phi) is 3.71. The Labute approximate surface area is 99.6 Å². The highest BCUT2D eigenvalue weighted by Crippen LogP contribution is 2.14. The minimum Gasteiger partial charge on any atom is -0.339 e. The molecule has 0 saturated carbocycles. The second-order valence-corrected chi connectivity index (χ2v) is 4.10. The van der Waals surface area contributed by atoms with Crippen molar-refractivity contribution in [3.63, 3.8) is 0 Å². The molecule has 1 heterocycles. The Morgan fingerprint density at radius 1 is 1.29 bits per heavy atom. The van der Waals surface area contributed by atoms with E-state index in [1.165, 1.54) is 12.1 Å². The van der Waals surface area contributed by atoms with Crippen molar-refractivity contribution in [2.45, 2.75) is 6.04 Å². The fraction of sp³-hybridized carbons (Fsp3) is 0.417. The van der Waals surface area contributed by atoms with Crippen LogP contribution in [-0.2, 0) is 4.79 Å². The number of nitrogens with zero attached hydrogens (tertiary/aromatic N) is 1. The molecule has 1 aromatic rings. The molecule has 0 aromatic heterocycles. The number of benzene rings is 1. The summed E-state index contributed by atoms with van der Waals surface area (Å²) in [4.78, 5) is 13.8. The zero-order valence-electron chi connectivity index (χ0n) is 9.53. The molecule has 3 N–H and O–H groups in total. The lowest BCUT2D eigenvalue weighted by atomic mass is 10.1. The van der Waals surface area contributed by atoms with E-state index in [4.69, 9.17) is 5.73 Å². The molecule has 1 aliphatic rings. The van der Waals surface area contributed by atoms with Gasteiger partial charge >= 0.3 is 0 Å². The van der Waals surface area contributed by atoms with E-state index in [9.17, 15) is 9.18 Å². The van der Waals surface area contributed by atoms with Crippen molar-refractivity contribution >= 4 is 5.91 Å². The zero-order chi connectivity index (χ0) is 12.3. The van der Waals surface area contributed by atoms with Crippen LogP contribution in [0.4, 0.5) is 4.39 Å². The average molecular weight is 237 g/mol. The first kappa shape index (κ1) is 12.0. The molecular formula is C12H16FN3O. The van der Waals surface area contributed by atoms with Crippen molar-refractivity contribution in [3.8, 4) is 0 Å². The molecule has 5 heteroatoms. The number of amides is 1. The molecule has 1 fully saturated rings. The van der Waals surface area contributed by atoms with Crippen molar-refractivity contribution < 1.29 is 9.18 Å². The maximum absolute atomic E-state index is 12.8. The summed E-state index contributed by atoms with van der Waals surface area (Å²) in [5, 5.41) is 3.17. The molecule has 2 rings (SSSR count). The van der Waals surface area contributed by atoms with Crippen LogP contribution in [0.1, 0.15) is 11.6 Å². The predicted octanol–water partition coefficient (Wildman–Crippen LogP) is 0.257. The summed E-state index contributed by atoms with van der Waals surface area (Å²) in [6.07, 6.45) is 0. The number of nitrogens with two attached hydrogens (primary N) is 1. The molecule has 1 atom stereocenters. The molecule has 1 amide bonds. The minimum absolute atomic E-state index is 0.0990. The number of piperazine rings is 1. The van der Waals surface area contributed by atoms with E-state index in [1.54, 1.807) is 17.0 Å². The fourth-order valence-electron chi connectivity index (χ4n) is 1.89. The Hall–Kier alpha value is -1.46. The highest BCUT2D eigenvalue weighted by Gasteiger charge is 2.23. The third-order valence-electron chi connectivity index (χ3n) is 2.92. The molecule has 0 spiro atoms. The normalized spacial score (nSPS) is 17.9. The number of rotatable bonds is 2. The van der Waals surface area contributed by atoms with Crippen LogP contribution in [-0.4, -0.2) is 37.0 Å². The number of hydrogen-bond acceptors (Lipinski definition) is 3. The summed E-state index contributed by atoms with van der Waals surface area (Å²) in [6, 6.07) is 5.05. The van der Waals surface area contributed by atoms with E-state index in [1.807, 2.05) is 0 Å². The van der Waals surface area contributed by atoms with Crippen LogP contribution in [0.3, 0.4) is 0 Å². The van der Waals surface area contributed by atoms with Gasteiger partial charge < -0.3 is 16.0 Å². The number of halogens is 1. The number of nitrogens with one attached hydrogen (secondary N) is 1. The molecular weight excluding hydrogens is 221 g/mol. The summed E-state index contributed by atoms with van der Waals surface area (Å²) in [5.74, 6) is -0.423. The number of carbonyl (C=O) groups is 1. The molecule has 17 heavy (non-hydrogen) atoms. The standard InChI is InChI=1S/C12H16FN3O/c13-10-3-1-9(2-4-10)11(14)12(17)16-7-5-15-6-8-16/h1-4,11,15H,5-8,14H2. The Bertz CT molecular complexity index is 387. The van der Waals surface area contributed by atoms with Crippen LogP contribution in [0, 0.1) is 5.82 Å². The van der Waals surface area contributed by atoms with Crippen LogP contribution >= 0.6 is 0 Å². The highest BCUT2D eigenvalue weighted by molar-refractivity contribution is 5.83. The van der Waals surface area contributed by atoms with Gasteiger partial charge in [-0.25, -0.2) is 4.39 Å². The number of carbonyl (C=O) groups excluding carboxylic acids is 1. The first-order valence-corrected chi connectivity index (χ1v) is 5.69. The van der Waals surface area contributed by atoms with Gasteiger partial charge in [-0.2, -0.15) is 0 Å². The van der Waals surface area contributed by atoms with Crippen LogP contribution in [0.15, 0.2) is 24.3 Å². The third kappa shape index (κ3) is 2.81. The predicted molar refractivity (Wildman–Crippen MR) is 62.8 cm³/mol. The molecule has 1 saturated heterocycles. The second kappa shape index (κ2) is 5.25. The van der Waals surface area contributed by atoms with Crippen LogP contribution in [0.5, 0.6) is 0 Å². The van der Waals surface area contributed by atoms with Gasteiger partial charge in [-0.3, -0.25) is 4.79 Å². The van der Waals surface area contributed by atoms with Crippen molar-refractivity contribution in [2.75, 3.05) is 26.2 Å².